The Bertz CT molecular complexity index is 240. The zero-order valence-electron chi connectivity index (χ0n) is 13.5. The lowest BCUT2D eigenvalue weighted by Crippen LogP contribution is -2.43. The van der Waals surface area contributed by atoms with Gasteiger partial charge in [0, 0.05) is 0 Å². The Morgan fingerprint density at radius 2 is 1.83 bits per heavy atom. The van der Waals surface area contributed by atoms with Crippen LogP contribution in [0.1, 0.15) is 60.3 Å². The summed E-state index contributed by atoms with van der Waals surface area (Å²) in [7, 11) is -1.70. The van der Waals surface area contributed by atoms with Crippen molar-refractivity contribution in [2.24, 2.45) is 5.92 Å². The molecule has 0 saturated heterocycles. The van der Waals surface area contributed by atoms with Gasteiger partial charge in [-0.1, -0.05) is 66.5 Å². The third kappa shape index (κ3) is 6.19. The van der Waals surface area contributed by atoms with Crippen molar-refractivity contribution in [3.63, 3.8) is 0 Å². The SMILES string of the molecule is [CH]=CC(CC(C)CCCC)O[Si](C)(C)C(C)(C)C. The molecule has 2 unspecified atom stereocenters. The zero-order valence-corrected chi connectivity index (χ0v) is 14.5. The molecule has 0 aliphatic carbocycles. The topological polar surface area (TPSA) is 9.23 Å². The minimum Gasteiger partial charge on any atom is -0.411 e. The van der Waals surface area contributed by atoms with Crippen molar-refractivity contribution in [2.75, 3.05) is 0 Å². The van der Waals surface area contributed by atoms with Crippen molar-refractivity contribution in [2.45, 2.75) is 84.5 Å². The van der Waals surface area contributed by atoms with E-state index in [0.29, 0.717) is 5.92 Å². The molecule has 0 aliphatic heterocycles. The van der Waals surface area contributed by atoms with Gasteiger partial charge in [0.2, 0.25) is 0 Å². The molecule has 0 amide bonds. The molecular weight excluding hydrogens is 236 g/mol. The number of hydrogen-bond donors (Lipinski definition) is 0. The van der Waals surface area contributed by atoms with Crippen LogP contribution < -0.4 is 0 Å². The van der Waals surface area contributed by atoms with E-state index in [4.69, 9.17) is 11.0 Å². The number of rotatable bonds is 8. The quantitative estimate of drug-likeness (QED) is 0.522. The van der Waals surface area contributed by atoms with Gasteiger partial charge in [-0.15, -0.1) is 0 Å². The normalized spacial score (nSPS) is 16.4. The van der Waals surface area contributed by atoms with Crippen molar-refractivity contribution in [3.8, 4) is 0 Å². The first-order valence-corrected chi connectivity index (χ1v) is 10.3. The van der Waals surface area contributed by atoms with E-state index in [0.717, 1.165) is 6.42 Å². The molecule has 0 bridgehead atoms. The van der Waals surface area contributed by atoms with E-state index in [1.165, 1.54) is 19.3 Å². The Labute approximate surface area is 116 Å². The molecule has 0 saturated carbocycles. The van der Waals surface area contributed by atoms with Crippen molar-refractivity contribution in [1.29, 1.82) is 0 Å². The van der Waals surface area contributed by atoms with Gasteiger partial charge in [-0.25, -0.2) is 0 Å². The Kier molecular flexibility index (Phi) is 7.46. The first-order valence-electron chi connectivity index (χ1n) is 7.37. The van der Waals surface area contributed by atoms with Crippen LogP contribution in [0.5, 0.6) is 0 Å². The van der Waals surface area contributed by atoms with Gasteiger partial charge >= 0.3 is 0 Å². The molecule has 0 fully saturated rings. The molecule has 0 aromatic rings. The predicted octanol–water partition coefficient (Wildman–Crippen LogP) is 5.58. The summed E-state index contributed by atoms with van der Waals surface area (Å²) in [5.41, 5.74) is 0. The number of hydrogen-bond acceptors (Lipinski definition) is 1. The average Bonchev–Trinajstić information content (AvgIpc) is 2.23. The Morgan fingerprint density at radius 1 is 1.28 bits per heavy atom. The van der Waals surface area contributed by atoms with Crippen LogP contribution in [0.3, 0.4) is 0 Å². The molecule has 0 N–H and O–H groups in total. The molecule has 2 heteroatoms. The largest absolute Gasteiger partial charge is 0.411 e. The van der Waals surface area contributed by atoms with Crippen LogP contribution in [0.4, 0.5) is 0 Å². The Hall–Kier alpha value is -0.0831. The maximum absolute atomic E-state index is 6.36. The summed E-state index contributed by atoms with van der Waals surface area (Å²) < 4.78 is 6.36. The second-order valence-electron chi connectivity index (χ2n) is 7.09. The highest BCUT2D eigenvalue weighted by Gasteiger charge is 2.38. The summed E-state index contributed by atoms with van der Waals surface area (Å²) >= 11 is 0. The molecule has 107 valence electrons. The Balaban J connectivity index is 4.39. The third-order valence-corrected chi connectivity index (χ3v) is 8.66. The highest BCUT2D eigenvalue weighted by molar-refractivity contribution is 6.74. The summed E-state index contributed by atoms with van der Waals surface area (Å²) in [5, 5.41) is 0.251. The van der Waals surface area contributed by atoms with Gasteiger partial charge in [-0.3, -0.25) is 0 Å². The smallest absolute Gasteiger partial charge is 0.192 e. The molecule has 0 heterocycles. The van der Waals surface area contributed by atoms with E-state index in [1.807, 2.05) is 0 Å². The van der Waals surface area contributed by atoms with Crippen LogP contribution in [-0.4, -0.2) is 14.4 Å². The van der Waals surface area contributed by atoms with Crippen LogP contribution >= 0.6 is 0 Å². The van der Waals surface area contributed by atoms with E-state index in [2.05, 4.69) is 47.7 Å². The second kappa shape index (κ2) is 7.49. The fourth-order valence-electron chi connectivity index (χ4n) is 1.79. The molecule has 1 radical (unpaired) electrons. The van der Waals surface area contributed by atoms with Gasteiger partial charge in [0.1, 0.15) is 0 Å². The highest BCUT2D eigenvalue weighted by atomic mass is 28.4. The maximum atomic E-state index is 6.36. The van der Waals surface area contributed by atoms with Gasteiger partial charge in [0.25, 0.3) is 0 Å². The monoisotopic (exact) mass is 269 g/mol. The minimum absolute atomic E-state index is 0.123. The predicted molar refractivity (Wildman–Crippen MR) is 84.2 cm³/mol. The molecule has 0 aliphatic rings. The molecule has 0 aromatic carbocycles. The average molecular weight is 270 g/mol. The zero-order chi connectivity index (χ0) is 14.4. The van der Waals surface area contributed by atoms with Crippen molar-refractivity contribution in [3.05, 3.63) is 12.7 Å². The summed E-state index contributed by atoms with van der Waals surface area (Å²) in [6.45, 7) is 21.7. The van der Waals surface area contributed by atoms with E-state index < -0.39 is 8.32 Å². The minimum atomic E-state index is -1.70. The fraction of sp³-hybridized carbons (Fsp3) is 0.875. The van der Waals surface area contributed by atoms with Gasteiger partial charge in [-0.2, -0.15) is 0 Å². The highest BCUT2D eigenvalue weighted by Crippen LogP contribution is 2.38. The lowest BCUT2D eigenvalue weighted by atomic mass is 9.98. The van der Waals surface area contributed by atoms with Gasteiger partial charge in [0.05, 0.1) is 6.10 Å². The van der Waals surface area contributed by atoms with E-state index >= 15 is 0 Å². The lowest BCUT2D eigenvalue weighted by Gasteiger charge is -2.39. The van der Waals surface area contributed by atoms with Crippen molar-refractivity contribution < 1.29 is 4.43 Å². The van der Waals surface area contributed by atoms with E-state index in [9.17, 15) is 0 Å². The van der Waals surface area contributed by atoms with Gasteiger partial charge in [-0.05, 0) is 30.5 Å². The standard InChI is InChI=1S/C16H33OSi/c1-9-11-12-14(3)13-15(10-2)17-18(7,8)16(4,5)6/h2,10,14-15H,9,11-13H2,1,3-8H3. The van der Waals surface area contributed by atoms with Crippen LogP contribution in [0.15, 0.2) is 6.08 Å². The maximum Gasteiger partial charge on any atom is 0.192 e. The van der Waals surface area contributed by atoms with Crippen LogP contribution in [0.2, 0.25) is 18.1 Å². The lowest BCUT2D eigenvalue weighted by molar-refractivity contribution is 0.191. The molecule has 2 atom stereocenters. The molecule has 1 nitrogen and oxygen atoms in total. The molecule has 0 aromatic heterocycles. The molecule has 0 rings (SSSR count). The molecular formula is C16H33OSi. The van der Waals surface area contributed by atoms with E-state index in [-0.39, 0.29) is 11.1 Å². The summed E-state index contributed by atoms with van der Waals surface area (Å²) in [6.07, 6.45) is 6.79. The first-order chi connectivity index (χ1) is 8.14. The summed E-state index contributed by atoms with van der Waals surface area (Å²) in [6, 6.07) is 0. The van der Waals surface area contributed by atoms with Crippen molar-refractivity contribution in [1.82, 2.24) is 0 Å². The molecule has 0 spiro atoms. The number of unbranched alkanes of at least 4 members (excludes halogenated alkanes) is 1. The van der Waals surface area contributed by atoms with Crippen LogP contribution in [-0.2, 0) is 4.43 Å². The summed E-state index contributed by atoms with van der Waals surface area (Å²) in [5.74, 6) is 0.694. The first kappa shape index (κ1) is 17.9. The van der Waals surface area contributed by atoms with Gasteiger partial charge < -0.3 is 4.43 Å². The van der Waals surface area contributed by atoms with Crippen LogP contribution in [0.25, 0.3) is 0 Å². The second-order valence-corrected chi connectivity index (χ2v) is 11.8. The fourth-order valence-corrected chi connectivity index (χ4v) is 3.07. The van der Waals surface area contributed by atoms with Crippen LogP contribution in [0, 0.1) is 12.5 Å². The summed E-state index contributed by atoms with van der Waals surface area (Å²) in [4.78, 5) is 0. The third-order valence-electron chi connectivity index (χ3n) is 4.15. The van der Waals surface area contributed by atoms with Gasteiger partial charge in [0.15, 0.2) is 8.32 Å². The Morgan fingerprint density at radius 3 is 2.22 bits per heavy atom. The van der Waals surface area contributed by atoms with E-state index in [1.54, 1.807) is 6.08 Å². The van der Waals surface area contributed by atoms with Crippen molar-refractivity contribution >= 4 is 8.32 Å². The molecule has 18 heavy (non-hydrogen) atoms.